The molecule has 1 aromatic heterocycles. The number of nitrogens with zero attached hydrogens (tertiary/aromatic N) is 1. The smallest absolute Gasteiger partial charge is 0.142 e. The van der Waals surface area contributed by atoms with Gasteiger partial charge >= 0.3 is 0 Å². The zero-order valence-electron chi connectivity index (χ0n) is 8.47. The topological polar surface area (TPSA) is 26.0 Å². The van der Waals surface area contributed by atoms with Crippen LogP contribution in [0.1, 0.15) is 55.0 Å². The highest BCUT2D eigenvalue weighted by Crippen LogP contribution is 2.34. The van der Waals surface area contributed by atoms with E-state index in [1.165, 1.54) is 37.7 Å². The molecule has 0 unspecified atom stereocenters. The van der Waals surface area contributed by atoms with Crippen molar-refractivity contribution in [3.63, 3.8) is 0 Å². The van der Waals surface area contributed by atoms with Crippen molar-refractivity contribution < 1.29 is 4.52 Å². The van der Waals surface area contributed by atoms with Crippen LogP contribution >= 0.6 is 0 Å². The van der Waals surface area contributed by atoms with Crippen molar-refractivity contribution >= 4 is 0 Å². The second-order valence-corrected chi connectivity index (χ2v) is 4.09. The second kappa shape index (κ2) is 3.52. The Kier molecular flexibility index (Phi) is 2.38. The van der Waals surface area contributed by atoms with E-state index in [9.17, 15) is 0 Å². The standard InChI is InChI=1S/C11H17NO/c1-8-9(2)12-13-11(8)10-6-4-3-5-7-10/h10H,3-7H2,1-2H3. The quantitative estimate of drug-likeness (QED) is 0.660. The van der Waals surface area contributed by atoms with E-state index >= 15 is 0 Å². The van der Waals surface area contributed by atoms with Gasteiger partial charge in [0.15, 0.2) is 0 Å². The van der Waals surface area contributed by atoms with Crippen LogP contribution in [0.2, 0.25) is 0 Å². The van der Waals surface area contributed by atoms with E-state index in [1.54, 1.807) is 0 Å². The van der Waals surface area contributed by atoms with Crippen LogP contribution in [0.3, 0.4) is 0 Å². The Morgan fingerprint density at radius 1 is 1.15 bits per heavy atom. The van der Waals surface area contributed by atoms with Crippen molar-refractivity contribution in [2.24, 2.45) is 0 Å². The highest BCUT2D eigenvalue weighted by atomic mass is 16.5. The lowest BCUT2D eigenvalue weighted by Crippen LogP contribution is -2.04. The zero-order chi connectivity index (χ0) is 9.26. The Morgan fingerprint density at radius 3 is 2.38 bits per heavy atom. The summed E-state index contributed by atoms with van der Waals surface area (Å²) in [6.07, 6.45) is 6.67. The van der Waals surface area contributed by atoms with Crippen LogP contribution in [0.4, 0.5) is 0 Å². The molecule has 0 bridgehead atoms. The molecule has 72 valence electrons. The molecule has 2 heteroatoms. The molecule has 0 atom stereocenters. The van der Waals surface area contributed by atoms with E-state index in [0.29, 0.717) is 5.92 Å². The largest absolute Gasteiger partial charge is 0.361 e. The minimum Gasteiger partial charge on any atom is -0.361 e. The predicted octanol–water partition coefficient (Wildman–Crippen LogP) is 3.34. The van der Waals surface area contributed by atoms with Gasteiger partial charge < -0.3 is 4.52 Å². The van der Waals surface area contributed by atoms with Crippen LogP contribution in [-0.2, 0) is 0 Å². The third-order valence-electron chi connectivity index (χ3n) is 3.17. The van der Waals surface area contributed by atoms with Crippen molar-refractivity contribution in [1.29, 1.82) is 0 Å². The summed E-state index contributed by atoms with van der Waals surface area (Å²) in [6.45, 7) is 4.14. The Bertz CT molecular complexity index is 284. The lowest BCUT2D eigenvalue weighted by molar-refractivity contribution is 0.318. The fourth-order valence-corrected chi connectivity index (χ4v) is 2.18. The van der Waals surface area contributed by atoms with Crippen LogP contribution < -0.4 is 0 Å². The first-order chi connectivity index (χ1) is 6.29. The number of hydrogen-bond donors (Lipinski definition) is 0. The summed E-state index contributed by atoms with van der Waals surface area (Å²) < 4.78 is 5.38. The molecule has 0 N–H and O–H groups in total. The molecular formula is C11H17NO. The van der Waals surface area contributed by atoms with Gasteiger partial charge in [-0.1, -0.05) is 24.4 Å². The molecule has 1 aromatic rings. The summed E-state index contributed by atoms with van der Waals surface area (Å²) in [7, 11) is 0. The number of aryl methyl sites for hydroxylation is 1. The normalized spacial score (nSPS) is 19.2. The fourth-order valence-electron chi connectivity index (χ4n) is 2.18. The number of rotatable bonds is 1. The molecular weight excluding hydrogens is 162 g/mol. The van der Waals surface area contributed by atoms with Gasteiger partial charge in [-0.2, -0.15) is 0 Å². The van der Waals surface area contributed by atoms with Crippen molar-refractivity contribution in [1.82, 2.24) is 5.16 Å². The van der Waals surface area contributed by atoms with Crippen molar-refractivity contribution in [3.8, 4) is 0 Å². The lowest BCUT2D eigenvalue weighted by atomic mass is 9.86. The summed E-state index contributed by atoms with van der Waals surface area (Å²) in [5, 5.41) is 4.02. The first kappa shape index (κ1) is 8.79. The molecule has 2 nitrogen and oxygen atoms in total. The SMILES string of the molecule is Cc1noc(C2CCCCC2)c1C. The highest BCUT2D eigenvalue weighted by Gasteiger charge is 2.21. The summed E-state index contributed by atoms with van der Waals surface area (Å²) >= 11 is 0. The molecule has 1 fully saturated rings. The number of aromatic nitrogens is 1. The molecule has 0 saturated heterocycles. The molecule has 0 radical (unpaired) electrons. The third-order valence-corrected chi connectivity index (χ3v) is 3.17. The monoisotopic (exact) mass is 179 g/mol. The fraction of sp³-hybridized carbons (Fsp3) is 0.727. The molecule has 1 heterocycles. The third kappa shape index (κ3) is 1.62. The van der Waals surface area contributed by atoms with Crippen LogP contribution in [-0.4, -0.2) is 5.16 Å². The predicted molar refractivity (Wildman–Crippen MR) is 51.8 cm³/mol. The zero-order valence-corrected chi connectivity index (χ0v) is 8.47. The molecule has 13 heavy (non-hydrogen) atoms. The highest BCUT2D eigenvalue weighted by molar-refractivity contribution is 5.23. The van der Waals surface area contributed by atoms with Crippen molar-refractivity contribution in [2.45, 2.75) is 51.9 Å². The molecule has 1 aliphatic carbocycles. The molecule has 1 saturated carbocycles. The summed E-state index contributed by atoms with van der Waals surface area (Å²) in [4.78, 5) is 0. The van der Waals surface area contributed by atoms with Gasteiger partial charge in [0.2, 0.25) is 0 Å². The van der Waals surface area contributed by atoms with Crippen LogP contribution in [0, 0.1) is 13.8 Å². The molecule has 0 aliphatic heterocycles. The average Bonchev–Trinajstić information content (AvgIpc) is 2.49. The minimum absolute atomic E-state index is 0.648. The van der Waals surface area contributed by atoms with Gasteiger partial charge in [0.25, 0.3) is 0 Å². The maximum absolute atomic E-state index is 5.38. The van der Waals surface area contributed by atoms with Gasteiger partial charge in [-0.25, -0.2) is 0 Å². The van der Waals surface area contributed by atoms with E-state index in [-0.39, 0.29) is 0 Å². The Morgan fingerprint density at radius 2 is 1.85 bits per heavy atom. The Balaban J connectivity index is 2.18. The molecule has 0 spiro atoms. The van der Waals surface area contributed by atoms with Crippen LogP contribution in [0.15, 0.2) is 4.52 Å². The van der Waals surface area contributed by atoms with Gasteiger partial charge in [-0.3, -0.25) is 0 Å². The van der Waals surface area contributed by atoms with Gasteiger partial charge in [-0.05, 0) is 26.7 Å². The Hall–Kier alpha value is -0.790. The van der Waals surface area contributed by atoms with Gasteiger partial charge in [0.1, 0.15) is 5.76 Å². The van der Waals surface area contributed by atoms with Gasteiger partial charge in [-0.15, -0.1) is 0 Å². The summed E-state index contributed by atoms with van der Waals surface area (Å²) in [5.41, 5.74) is 2.33. The van der Waals surface area contributed by atoms with Crippen LogP contribution in [0.25, 0.3) is 0 Å². The summed E-state index contributed by atoms with van der Waals surface area (Å²) in [5.74, 6) is 1.80. The van der Waals surface area contributed by atoms with Crippen molar-refractivity contribution in [3.05, 3.63) is 17.0 Å². The van der Waals surface area contributed by atoms with E-state index in [1.807, 2.05) is 6.92 Å². The van der Waals surface area contributed by atoms with E-state index in [2.05, 4.69) is 12.1 Å². The van der Waals surface area contributed by atoms with E-state index in [0.717, 1.165) is 11.5 Å². The average molecular weight is 179 g/mol. The van der Waals surface area contributed by atoms with Gasteiger partial charge in [0.05, 0.1) is 5.69 Å². The lowest BCUT2D eigenvalue weighted by Gasteiger charge is -2.19. The maximum Gasteiger partial charge on any atom is 0.142 e. The van der Waals surface area contributed by atoms with Crippen LogP contribution in [0.5, 0.6) is 0 Å². The minimum atomic E-state index is 0.648. The number of hydrogen-bond acceptors (Lipinski definition) is 2. The van der Waals surface area contributed by atoms with Crippen molar-refractivity contribution in [2.75, 3.05) is 0 Å². The molecule has 0 aromatic carbocycles. The molecule has 0 amide bonds. The second-order valence-electron chi connectivity index (χ2n) is 4.09. The van der Waals surface area contributed by atoms with Gasteiger partial charge in [0, 0.05) is 11.5 Å². The Labute approximate surface area is 79.3 Å². The first-order valence-electron chi connectivity index (χ1n) is 5.22. The molecule has 1 aliphatic rings. The first-order valence-corrected chi connectivity index (χ1v) is 5.22. The van der Waals surface area contributed by atoms with E-state index in [4.69, 9.17) is 4.52 Å². The summed E-state index contributed by atoms with van der Waals surface area (Å²) in [6, 6.07) is 0. The maximum atomic E-state index is 5.38. The van der Waals surface area contributed by atoms with E-state index < -0.39 is 0 Å². The molecule has 2 rings (SSSR count).